The van der Waals surface area contributed by atoms with Crippen LogP contribution in [-0.2, 0) is 0 Å². The minimum absolute atomic E-state index is 0.835. The summed E-state index contributed by atoms with van der Waals surface area (Å²) in [5.41, 5.74) is 1.04. The molecule has 1 rings (SSSR count). The second-order valence-corrected chi connectivity index (χ2v) is 2.90. The van der Waals surface area contributed by atoms with Crippen LogP contribution in [0, 0.1) is 0 Å². The van der Waals surface area contributed by atoms with Crippen LogP contribution in [0.2, 0.25) is 0 Å². The van der Waals surface area contributed by atoms with Gasteiger partial charge in [-0.25, -0.2) is 0 Å². The van der Waals surface area contributed by atoms with E-state index in [-0.39, 0.29) is 0 Å². The molecule has 0 amide bonds. The van der Waals surface area contributed by atoms with Crippen molar-refractivity contribution in [3.05, 3.63) is 18.2 Å². The molecule has 0 saturated carbocycles. The average molecular weight is 183 g/mol. The van der Waals surface area contributed by atoms with E-state index in [1.165, 1.54) is 0 Å². The van der Waals surface area contributed by atoms with Crippen LogP contribution in [0.25, 0.3) is 0 Å². The molecule has 0 fully saturated rings. The number of nitrogens with one attached hydrogen (secondary N) is 1. The molecule has 0 radical (unpaired) electrons. The number of ether oxygens (including phenoxy) is 1. The van der Waals surface area contributed by atoms with Crippen LogP contribution in [0.4, 0.5) is 5.69 Å². The molecule has 1 aromatic rings. The predicted octanol–water partition coefficient (Wildman–Crippen LogP) is 2.42. The minimum Gasteiger partial charge on any atom is -0.497 e. The van der Waals surface area contributed by atoms with Gasteiger partial charge in [-0.05, 0) is 25.1 Å². The highest BCUT2D eigenvalue weighted by Gasteiger charge is 1.98. The summed E-state index contributed by atoms with van der Waals surface area (Å²) >= 11 is 4.31. The third kappa shape index (κ3) is 2.08. The first-order valence-electron chi connectivity index (χ1n) is 3.88. The first-order chi connectivity index (χ1) is 5.77. The Labute approximate surface area is 78.3 Å². The molecule has 0 aliphatic heterocycles. The zero-order valence-electron chi connectivity index (χ0n) is 7.29. The van der Waals surface area contributed by atoms with Gasteiger partial charge in [0.2, 0.25) is 0 Å². The SMILES string of the molecule is CCNc1ccc(OC)cc1S. The molecule has 1 N–H and O–H groups in total. The van der Waals surface area contributed by atoms with Crippen molar-refractivity contribution in [1.82, 2.24) is 0 Å². The van der Waals surface area contributed by atoms with E-state index < -0.39 is 0 Å². The lowest BCUT2D eigenvalue weighted by Crippen LogP contribution is -1.97. The third-order valence-electron chi connectivity index (χ3n) is 1.57. The average Bonchev–Trinajstić information content (AvgIpc) is 2.09. The highest BCUT2D eigenvalue weighted by atomic mass is 32.1. The van der Waals surface area contributed by atoms with Crippen molar-refractivity contribution in [1.29, 1.82) is 0 Å². The Morgan fingerprint density at radius 2 is 2.25 bits per heavy atom. The van der Waals surface area contributed by atoms with Crippen LogP contribution < -0.4 is 10.1 Å². The Bertz CT molecular complexity index is 263. The number of rotatable bonds is 3. The Morgan fingerprint density at radius 3 is 2.75 bits per heavy atom. The summed E-state index contributed by atoms with van der Waals surface area (Å²) in [6.07, 6.45) is 0. The lowest BCUT2D eigenvalue weighted by molar-refractivity contribution is 0.414. The number of methoxy groups -OCH3 is 1. The summed E-state index contributed by atoms with van der Waals surface area (Å²) in [6, 6.07) is 5.77. The fourth-order valence-electron chi connectivity index (χ4n) is 0.978. The quantitative estimate of drug-likeness (QED) is 0.702. The van der Waals surface area contributed by atoms with E-state index in [0.29, 0.717) is 0 Å². The fraction of sp³-hybridized carbons (Fsp3) is 0.333. The van der Waals surface area contributed by atoms with Crippen molar-refractivity contribution in [2.75, 3.05) is 19.0 Å². The lowest BCUT2D eigenvalue weighted by atomic mass is 10.3. The van der Waals surface area contributed by atoms with Gasteiger partial charge in [0.15, 0.2) is 0 Å². The second-order valence-electron chi connectivity index (χ2n) is 2.41. The molecule has 0 unspecified atom stereocenters. The molecule has 66 valence electrons. The van der Waals surface area contributed by atoms with Gasteiger partial charge in [0.05, 0.1) is 7.11 Å². The number of anilines is 1. The summed E-state index contributed by atoms with van der Waals surface area (Å²) in [7, 11) is 1.65. The third-order valence-corrected chi connectivity index (χ3v) is 1.94. The van der Waals surface area contributed by atoms with Crippen LogP contribution in [0.5, 0.6) is 5.75 Å². The smallest absolute Gasteiger partial charge is 0.120 e. The molecule has 0 aliphatic rings. The van der Waals surface area contributed by atoms with E-state index in [0.717, 1.165) is 22.9 Å². The van der Waals surface area contributed by atoms with Crippen LogP contribution in [0.1, 0.15) is 6.92 Å². The highest BCUT2D eigenvalue weighted by Crippen LogP contribution is 2.24. The summed E-state index contributed by atoms with van der Waals surface area (Å²) in [5.74, 6) is 0.835. The van der Waals surface area contributed by atoms with E-state index >= 15 is 0 Å². The Balaban J connectivity index is 2.87. The first kappa shape index (κ1) is 9.26. The van der Waals surface area contributed by atoms with Gasteiger partial charge in [-0.2, -0.15) is 0 Å². The van der Waals surface area contributed by atoms with Crippen molar-refractivity contribution >= 4 is 18.3 Å². The molecule has 3 heteroatoms. The van der Waals surface area contributed by atoms with Gasteiger partial charge in [-0.15, -0.1) is 12.6 Å². The molecule has 0 bridgehead atoms. The standard InChI is InChI=1S/C9H13NOS/c1-3-10-8-5-4-7(11-2)6-9(8)12/h4-6,10,12H,3H2,1-2H3. The molecule has 0 spiro atoms. The highest BCUT2D eigenvalue weighted by molar-refractivity contribution is 7.80. The van der Waals surface area contributed by atoms with Gasteiger partial charge in [0, 0.05) is 17.1 Å². The fourth-order valence-corrected chi connectivity index (χ4v) is 1.26. The molecule has 0 aromatic heterocycles. The van der Waals surface area contributed by atoms with Crippen LogP contribution in [-0.4, -0.2) is 13.7 Å². The predicted molar refractivity (Wildman–Crippen MR) is 54.4 cm³/mol. The number of hydrogen-bond donors (Lipinski definition) is 2. The Kier molecular flexibility index (Phi) is 3.29. The molecule has 12 heavy (non-hydrogen) atoms. The van der Waals surface area contributed by atoms with Crippen molar-refractivity contribution in [3.63, 3.8) is 0 Å². The van der Waals surface area contributed by atoms with Gasteiger partial charge in [-0.1, -0.05) is 0 Å². The van der Waals surface area contributed by atoms with E-state index in [1.807, 2.05) is 18.2 Å². The maximum Gasteiger partial charge on any atom is 0.120 e. The summed E-state index contributed by atoms with van der Waals surface area (Å²) in [4.78, 5) is 0.913. The molecule has 0 atom stereocenters. The van der Waals surface area contributed by atoms with Gasteiger partial charge in [-0.3, -0.25) is 0 Å². The molecule has 0 aliphatic carbocycles. The van der Waals surface area contributed by atoms with Crippen LogP contribution in [0.3, 0.4) is 0 Å². The molecular weight excluding hydrogens is 170 g/mol. The van der Waals surface area contributed by atoms with Crippen molar-refractivity contribution in [2.24, 2.45) is 0 Å². The van der Waals surface area contributed by atoms with Gasteiger partial charge >= 0.3 is 0 Å². The largest absolute Gasteiger partial charge is 0.497 e. The lowest BCUT2D eigenvalue weighted by Gasteiger charge is -2.07. The van der Waals surface area contributed by atoms with Crippen molar-refractivity contribution in [2.45, 2.75) is 11.8 Å². The number of hydrogen-bond acceptors (Lipinski definition) is 3. The van der Waals surface area contributed by atoms with E-state index in [2.05, 4.69) is 24.9 Å². The minimum atomic E-state index is 0.835. The van der Waals surface area contributed by atoms with E-state index in [9.17, 15) is 0 Å². The zero-order chi connectivity index (χ0) is 8.97. The topological polar surface area (TPSA) is 21.3 Å². The zero-order valence-corrected chi connectivity index (χ0v) is 8.19. The van der Waals surface area contributed by atoms with E-state index in [1.54, 1.807) is 7.11 Å². The summed E-state index contributed by atoms with van der Waals surface area (Å²) in [5, 5.41) is 3.20. The van der Waals surface area contributed by atoms with Crippen LogP contribution in [0.15, 0.2) is 23.1 Å². The molecule has 1 aromatic carbocycles. The van der Waals surface area contributed by atoms with Gasteiger partial charge in [0.25, 0.3) is 0 Å². The van der Waals surface area contributed by atoms with Crippen LogP contribution >= 0.6 is 12.6 Å². The Hall–Kier alpha value is -0.830. The van der Waals surface area contributed by atoms with Crippen molar-refractivity contribution < 1.29 is 4.74 Å². The van der Waals surface area contributed by atoms with Gasteiger partial charge in [0.1, 0.15) is 5.75 Å². The Morgan fingerprint density at radius 1 is 1.50 bits per heavy atom. The molecule has 2 nitrogen and oxygen atoms in total. The summed E-state index contributed by atoms with van der Waals surface area (Å²) in [6.45, 7) is 2.96. The van der Waals surface area contributed by atoms with E-state index in [4.69, 9.17) is 4.74 Å². The first-order valence-corrected chi connectivity index (χ1v) is 4.33. The monoisotopic (exact) mass is 183 g/mol. The molecule has 0 saturated heterocycles. The maximum absolute atomic E-state index is 5.05. The maximum atomic E-state index is 5.05. The molecule has 0 heterocycles. The number of benzene rings is 1. The molecular formula is C9H13NOS. The second kappa shape index (κ2) is 4.26. The summed E-state index contributed by atoms with van der Waals surface area (Å²) < 4.78 is 5.05. The van der Waals surface area contributed by atoms with Gasteiger partial charge < -0.3 is 10.1 Å². The number of thiol groups is 1. The van der Waals surface area contributed by atoms with Crippen molar-refractivity contribution in [3.8, 4) is 5.75 Å². The normalized spacial score (nSPS) is 9.58.